The molecule has 2 fully saturated rings. The number of fused-ring (bicyclic) bond motifs is 1. The summed E-state index contributed by atoms with van der Waals surface area (Å²) in [6.45, 7) is 2.56. The number of aryl methyl sites for hydroxylation is 1. The summed E-state index contributed by atoms with van der Waals surface area (Å²) in [6.07, 6.45) is 9.68. The van der Waals surface area contributed by atoms with E-state index in [2.05, 4.69) is 20.8 Å². The molecule has 2 saturated carbocycles. The van der Waals surface area contributed by atoms with Crippen LogP contribution in [-0.2, 0) is 6.54 Å². The summed E-state index contributed by atoms with van der Waals surface area (Å²) in [6, 6.07) is 2.51. The third-order valence-corrected chi connectivity index (χ3v) is 5.21. The Morgan fingerprint density at radius 2 is 2.09 bits per heavy atom. The molecule has 1 aromatic heterocycles. The number of hydrogen-bond donors (Lipinski definition) is 2. The monoisotopic (exact) mass is 304 g/mol. The summed E-state index contributed by atoms with van der Waals surface area (Å²) in [7, 11) is 1.83. The number of guanidine groups is 1. The first kappa shape index (κ1) is 15.4. The van der Waals surface area contributed by atoms with Crippen molar-refractivity contribution in [1.29, 1.82) is 0 Å². The highest BCUT2D eigenvalue weighted by Crippen LogP contribution is 2.40. The molecule has 2 aliphatic rings. The quantitative estimate of drug-likeness (QED) is 0.665. The van der Waals surface area contributed by atoms with Gasteiger partial charge in [0.1, 0.15) is 0 Å². The summed E-state index contributed by atoms with van der Waals surface area (Å²) in [5, 5.41) is 10.8. The van der Waals surface area contributed by atoms with Gasteiger partial charge in [-0.3, -0.25) is 4.99 Å². The minimum Gasteiger partial charge on any atom is -0.359 e. The first-order chi connectivity index (χ1) is 10.7. The average Bonchev–Trinajstić information content (AvgIpc) is 2.96. The second-order valence-electron chi connectivity index (χ2n) is 6.82. The van der Waals surface area contributed by atoms with E-state index in [4.69, 9.17) is 4.52 Å². The molecule has 2 aliphatic carbocycles. The fraction of sp³-hybridized carbons (Fsp3) is 0.765. The van der Waals surface area contributed by atoms with E-state index in [0.717, 1.165) is 29.2 Å². The van der Waals surface area contributed by atoms with E-state index in [0.29, 0.717) is 12.6 Å². The van der Waals surface area contributed by atoms with Crippen LogP contribution in [0.25, 0.3) is 0 Å². The van der Waals surface area contributed by atoms with Crippen molar-refractivity contribution in [2.75, 3.05) is 7.05 Å². The van der Waals surface area contributed by atoms with Gasteiger partial charge in [-0.15, -0.1) is 0 Å². The molecule has 0 spiro atoms. The minimum atomic E-state index is 0.557. The lowest BCUT2D eigenvalue weighted by atomic mass is 9.69. The Balaban J connectivity index is 1.48. The molecule has 1 aromatic rings. The zero-order valence-electron chi connectivity index (χ0n) is 13.8. The van der Waals surface area contributed by atoms with E-state index in [1.54, 1.807) is 0 Å². The first-order valence-corrected chi connectivity index (χ1v) is 8.64. The molecule has 0 aromatic carbocycles. The number of hydrogen-bond acceptors (Lipinski definition) is 3. The van der Waals surface area contributed by atoms with E-state index >= 15 is 0 Å². The lowest BCUT2D eigenvalue weighted by Gasteiger charge is -2.39. The molecule has 5 nitrogen and oxygen atoms in total. The number of aliphatic imine (C=N–C) groups is 1. The molecule has 1 heterocycles. The van der Waals surface area contributed by atoms with Gasteiger partial charge in [-0.2, -0.15) is 0 Å². The van der Waals surface area contributed by atoms with E-state index in [-0.39, 0.29) is 0 Å². The molecule has 0 radical (unpaired) electrons. The normalized spacial score (nSPS) is 29.0. The molecule has 0 saturated heterocycles. The summed E-state index contributed by atoms with van der Waals surface area (Å²) >= 11 is 0. The summed E-state index contributed by atoms with van der Waals surface area (Å²) in [5.74, 6) is 3.62. The predicted octanol–water partition coefficient (Wildman–Crippen LogP) is 3.01. The van der Waals surface area contributed by atoms with Gasteiger partial charge in [0, 0.05) is 19.2 Å². The highest BCUT2D eigenvalue weighted by Gasteiger charge is 2.32. The van der Waals surface area contributed by atoms with Crippen molar-refractivity contribution in [2.45, 2.75) is 64.5 Å². The molecule has 3 atom stereocenters. The van der Waals surface area contributed by atoms with Crippen LogP contribution in [0.4, 0.5) is 0 Å². The van der Waals surface area contributed by atoms with Crippen LogP contribution in [0.15, 0.2) is 15.6 Å². The Morgan fingerprint density at radius 3 is 2.82 bits per heavy atom. The molecular weight excluding hydrogens is 276 g/mol. The Hall–Kier alpha value is -1.52. The largest absolute Gasteiger partial charge is 0.359 e. The third kappa shape index (κ3) is 3.81. The molecule has 5 heteroatoms. The van der Waals surface area contributed by atoms with Gasteiger partial charge in [0.2, 0.25) is 0 Å². The summed E-state index contributed by atoms with van der Waals surface area (Å²) in [5.41, 5.74) is 0.912. The maximum Gasteiger partial charge on any atom is 0.191 e. The van der Waals surface area contributed by atoms with Crippen LogP contribution in [0.1, 0.15) is 56.4 Å². The summed E-state index contributed by atoms with van der Waals surface area (Å²) < 4.78 is 5.22. The topological polar surface area (TPSA) is 62.5 Å². The van der Waals surface area contributed by atoms with Gasteiger partial charge in [0.05, 0.1) is 12.2 Å². The molecule has 22 heavy (non-hydrogen) atoms. The van der Waals surface area contributed by atoms with E-state index < -0.39 is 0 Å². The molecular formula is C17H28N4O. The van der Waals surface area contributed by atoms with Gasteiger partial charge in [0.15, 0.2) is 11.7 Å². The lowest BCUT2D eigenvalue weighted by molar-refractivity contribution is 0.150. The molecule has 0 aliphatic heterocycles. The van der Waals surface area contributed by atoms with Crippen molar-refractivity contribution in [3.8, 4) is 0 Å². The molecule has 2 N–H and O–H groups in total. The highest BCUT2D eigenvalue weighted by molar-refractivity contribution is 5.79. The van der Waals surface area contributed by atoms with Gasteiger partial charge in [0.25, 0.3) is 0 Å². The molecule has 0 amide bonds. The highest BCUT2D eigenvalue weighted by atomic mass is 16.5. The number of nitrogens with zero attached hydrogens (tertiary/aromatic N) is 2. The van der Waals surface area contributed by atoms with E-state index in [9.17, 15) is 0 Å². The zero-order valence-corrected chi connectivity index (χ0v) is 13.8. The van der Waals surface area contributed by atoms with Crippen LogP contribution in [-0.4, -0.2) is 24.2 Å². The fourth-order valence-corrected chi connectivity index (χ4v) is 4.06. The maximum atomic E-state index is 5.22. The summed E-state index contributed by atoms with van der Waals surface area (Å²) in [4.78, 5) is 4.34. The fourth-order valence-electron chi connectivity index (χ4n) is 4.06. The number of aromatic nitrogens is 1. The molecule has 3 rings (SSSR count). The second-order valence-corrected chi connectivity index (χ2v) is 6.82. The van der Waals surface area contributed by atoms with Crippen molar-refractivity contribution in [2.24, 2.45) is 16.8 Å². The van der Waals surface area contributed by atoms with Crippen LogP contribution in [0.3, 0.4) is 0 Å². The first-order valence-electron chi connectivity index (χ1n) is 8.64. The van der Waals surface area contributed by atoms with Gasteiger partial charge in [-0.1, -0.05) is 30.8 Å². The lowest BCUT2D eigenvalue weighted by Crippen LogP contribution is -2.46. The van der Waals surface area contributed by atoms with Crippen molar-refractivity contribution in [3.63, 3.8) is 0 Å². The Morgan fingerprint density at radius 1 is 1.27 bits per heavy atom. The smallest absolute Gasteiger partial charge is 0.191 e. The Labute approximate surface area is 132 Å². The van der Waals surface area contributed by atoms with E-state index in [1.807, 2.05) is 20.0 Å². The minimum absolute atomic E-state index is 0.557. The Kier molecular flexibility index (Phi) is 5.01. The Bertz CT molecular complexity index is 511. The van der Waals surface area contributed by atoms with Gasteiger partial charge in [-0.05, 0) is 38.0 Å². The standard InChI is InChI=1S/C17H28N4O/c1-12-9-16(22-21-12)11-19-17(18-2)20-15-8-7-13-5-3-4-6-14(13)10-15/h9,13-15H,3-8,10-11H2,1-2H3,(H2,18,19,20). The zero-order chi connectivity index (χ0) is 15.4. The van der Waals surface area contributed by atoms with Gasteiger partial charge in [-0.25, -0.2) is 0 Å². The van der Waals surface area contributed by atoms with Crippen molar-refractivity contribution < 1.29 is 4.52 Å². The average molecular weight is 304 g/mol. The van der Waals surface area contributed by atoms with Gasteiger partial charge >= 0.3 is 0 Å². The van der Waals surface area contributed by atoms with Crippen LogP contribution in [0.2, 0.25) is 0 Å². The maximum absolute atomic E-state index is 5.22. The molecule has 3 unspecified atom stereocenters. The number of nitrogens with one attached hydrogen (secondary N) is 2. The van der Waals surface area contributed by atoms with E-state index in [1.165, 1.54) is 44.9 Å². The van der Waals surface area contributed by atoms with Crippen molar-refractivity contribution >= 4 is 5.96 Å². The molecule has 0 bridgehead atoms. The van der Waals surface area contributed by atoms with Crippen molar-refractivity contribution in [1.82, 2.24) is 15.8 Å². The SMILES string of the molecule is CN=C(NCc1cc(C)no1)NC1CCC2CCCCC2C1. The third-order valence-electron chi connectivity index (χ3n) is 5.21. The molecule has 122 valence electrons. The predicted molar refractivity (Wildman–Crippen MR) is 87.7 cm³/mol. The number of rotatable bonds is 3. The van der Waals surface area contributed by atoms with Gasteiger partial charge < -0.3 is 15.2 Å². The van der Waals surface area contributed by atoms with Crippen LogP contribution in [0.5, 0.6) is 0 Å². The van der Waals surface area contributed by atoms with Crippen LogP contribution >= 0.6 is 0 Å². The van der Waals surface area contributed by atoms with Crippen LogP contribution in [0, 0.1) is 18.8 Å². The van der Waals surface area contributed by atoms with Crippen molar-refractivity contribution in [3.05, 3.63) is 17.5 Å². The van der Waals surface area contributed by atoms with Crippen LogP contribution < -0.4 is 10.6 Å². The second kappa shape index (κ2) is 7.16.